The Labute approximate surface area is 168 Å². The van der Waals surface area contributed by atoms with Gasteiger partial charge in [-0.25, -0.2) is 0 Å². The van der Waals surface area contributed by atoms with Gasteiger partial charge in [0, 0.05) is 42.3 Å². The Morgan fingerprint density at radius 2 is 1.75 bits per heavy atom. The van der Waals surface area contributed by atoms with Gasteiger partial charge >= 0.3 is 0 Å². The van der Waals surface area contributed by atoms with Crippen LogP contribution in [0.1, 0.15) is 22.7 Å². The highest BCUT2D eigenvalue weighted by atomic mass is 35.5. The van der Waals surface area contributed by atoms with Crippen LogP contribution in [0.3, 0.4) is 0 Å². The summed E-state index contributed by atoms with van der Waals surface area (Å²) in [5.74, 6) is 1.15. The number of nitrogens with zero attached hydrogens (tertiary/aromatic N) is 4. The third-order valence-corrected chi connectivity index (χ3v) is 5.07. The van der Waals surface area contributed by atoms with E-state index in [2.05, 4.69) is 15.1 Å². The Bertz CT molecular complexity index is 927. The molecule has 0 aliphatic carbocycles. The van der Waals surface area contributed by atoms with Crippen molar-refractivity contribution in [1.29, 1.82) is 0 Å². The number of carbonyl (C=O) groups is 1. The molecule has 28 heavy (non-hydrogen) atoms. The topological polar surface area (TPSA) is 62.5 Å². The van der Waals surface area contributed by atoms with Crippen LogP contribution >= 0.6 is 11.6 Å². The van der Waals surface area contributed by atoms with Gasteiger partial charge in [0.2, 0.25) is 11.8 Å². The zero-order valence-electron chi connectivity index (χ0n) is 15.4. The fourth-order valence-electron chi connectivity index (χ4n) is 3.31. The number of benzene rings is 2. The molecule has 4 rings (SSSR count). The number of carbonyl (C=O) groups excluding carboxylic acids is 1. The highest BCUT2D eigenvalue weighted by Crippen LogP contribution is 2.21. The summed E-state index contributed by atoms with van der Waals surface area (Å²) < 4.78 is 5.81. The SMILES string of the molecule is O=C(c1ccccc1)N1CCCN(Cc2nnc(-c3ccc(Cl)cc3)o2)CC1. The average Bonchev–Trinajstić information content (AvgIpc) is 3.06. The van der Waals surface area contributed by atoms with E-state index < -0.39 is 0 Å². The molecule has 0 N–H and O–H groups in total. The van der Waals surface area contributed by atoms with Crippen molar-refractivity contribution in [2.24, 2.45) is 0 Å². The summed E-state index contributed by atoms with van der Waals surface area (Å²) in [6.07, 6.45) is 0.913. The summed E-state index contributed by atoms with van der Waals surface area (Å²) in [4.78, 5) is 16.8. The van der Waals surface area contributed by atoms with Gasteiger partial charge in [-0.2, -0.15) is 0 Å². The van der Waals surface area contributed by atoms with E-state index in [1.165, 1.54) is 0 Å². The molecule has 1 amide bonds. The van der Waals surface area contributed by atoms with Gasteiger partial charge in [-0.15, -0.1) is 10.2 Å². The predicted octanol–water partition coefficient (Wildman–Crippen LogP) is 3.74. The van der Waals surface area contributed by atoms with E-state index in [1.807, 2.05) is 47.4 Å². The zero-order valence-corrected chi connectivity index (χ0v) is 16.2. The average molecular weight is 397 g/mol. The second-order valence-corrected chi connectivity index (χ2v) is 7.23. The van der Waals surface area contributed by atoms with Gasteiger partial charge < -0.3 is 9.32 Å². The molecular weight excluding hydrogens is 376 g/mol. The van der Waals surface area contributed by atoms with Crippen LogP contribution in [0.5, 0.6) is 0 Å². The highest BCUT2D eigenvalue weighted by molar-refractivity contribution is 6.30. The van der Waals surface area contributed by atoms with Crippen LogP contribution in [0.2, 0.25) is 5.02 Å². The standard InChI is InChI=1S/C21H21ClN4O2/c22-18-9-7-16(8-10-18)20-24-23-19(28-20)15-25-11-4-12-26(14-13-25)21(27)17-5-2-1-3-6-17/h1-3,5-10H,4,11-15H2. The number of aromatic nitrogens is 2. The van der Waals surface area contributed by atoms with Crippen LogP contribution in [0.4, 0.5) is 0 Å². The molecule has 0 atom stereocenters. The van der Waals surface area contributed by atoms with Crippen molar-refractivity contribution in [2.45, 2.75) is 13.0 Å². The first-order valence-corrected chi connectivity index (χ1v) is 9.72. The fourth-order valence-corrected chi connectivity index (χ4v) is 3.44. The van der Waals surface area contributed by atoms with Crippen LogP contribution in [-0.4, -0.2) is 52.1 Å². The Balaban J connectivity index is 1.36. The summed E-state index contributed by atoms with van der Waals surface area (Å²) in [6.45, 7) is 3.68. The number of amides is 1. The van der Waals surface area contributed by atoms with E-state index >= 15 is 0 Å². The summed E-state index contributed by atoms with van der Waals surface area (Å²) in [5.41, 5.74) is 1.58. The number of hydrogen-bond acceptors (Lipinski definition) is 5. The van der Waals surface area contributed by atoms with E-state index in [0.717, 1.165) is 37.2 Å². The second kappa shape index (κ2) is 8.54. The largest absolute Gasteiger partial charge is 0.419 e. The van der Waals surface area contributed by atoms with E-state index in [4.69, 9.17) is 16.0 Å². The first kappa shape index (κ1) is 18.7. The molecule has 0 radical (unpaired) electrons. The van der Waals surface area contributed by atoms with Crippen molar-refractivity contribution in [1.82, 2.24) is 20.0 Å². The van der Waals surface area contributed by atoms with Gasteiger partial charge in [-0.05, 0) is 42.8 Å². The van der Waals surface area contributed by atoms with Gasteiger partial charge in [-0.1, -0.05) is 29.8 Å². The molecule has 1 aliphatic rings. The van der Waals surface area contributed by atoms with E-state index in [-0.39, 0.29) is 5.91 Å². The second-order valence-electron chi connectivity index (χ2n) is 6.80. The minimum atomic E-state index is 0.0882. The van der Waals surface area contributed by atoms with Crippen LogP contribution in [0, 0.1) is 0 Å². The molecule has 3 aromatic rings. The summed E-state index contributed by atoms with van der Waals surface area (Å²) in [6, 6.07) is 16.8. The predicted molar refractivity (Wildman–Crippen MR) is 107 cm³/mol. The third-order valence-electron chi connectivity index (χ3n) is 4.81. The van der Waals surface area contributed by atoms with E-state index in [9.17, 15) is 4.79 Å². The van der Waals surface area contributed by atoms with E-state index in [1.54, 1.807) is 12.1 Å². The summed E-state index contributed by atoms with van der Waals surface area (Å²) in [7, 11) is 0. The first-order chi connectivity index (χ1) is 13.7. The zero-order chi connectivity index (χ0) is 19.3. The van der Waals surface area contributed by atoms with Crippen molar-refractivity contribution >= 4 is 17.5 Å². The lowest BCUT2D eigenvalue weighted by atomic mass is 10.2. The molecule has 0 saturated carbocycles. The smallest absolute Gasteiger partial charge is 0.253 e. The van der Waals surface area contributed by atoms with E-state index in [0.29, 0.717) is 29.9 Å². The van der Waals surface area contributed by atoms with Crippen LogP contribution < -0.4 is 0 Å². The molecule has 7 heteroatoms. The van der Waals surface area contributed by atoms with Crippen molar-refractivity contribution in [3.8, 4) is 11.5 Å². The van der Waals surface area contributed by atoms with Crippen molar-refractivity contribution < 1.29 is 9.21 Å². The Hall–Kier alpha value is -2.70. The van der Waals surface area contributed by atoms with Crippen LogP contribution in [0.15, 0.2) is 59.0 Å². The van der Waals surface area contributed by atoms with Gasteiger partial charge in [0.1, 0.15) is 0 Å². The quantitative estimate of drug-likeness (QED) is 0.672. The van der Waals surface area contributed by atoms with Crippen molar-refractivity contribution in [2.75, 3.05) is 26.2 Å². The number of hydrogen-bond donors (Lipinski definition) is 0. The van der Waals surface area contributed by atoms with Crippen molar-refractivity contribution in [3.05, 3.63) is 71.1 Å². The molecule has 2 heterocycles. The minimum Gasteiger partial charge on any atom is -0.419 e. The molecule has 2 aromatic carbocycles. The fraction of sp³-hybridized carbons (Fsp3) is 0.286. The maximum absolute atomic E-state index is 12.7. The van der Waals surface area contributed by atoms with Gasteiger partial charge in [0.05, 0.1) is 6.54 Å². The van der Waals surface area contributed by atoms with Gasteiger partial charge in [0.25, 0.3) is 5.91 Å². The molecule has 1 saturated heterocycles. The summed E-state index contributed by atoms with van der Waals surface area (Å²) >= 11 is 5.92. The molecule has 0 spiro atoms. The highest BCUT2D eigenvalue weighted by Gasteiger charge is 2.21. The van der Waals surface area contributed by atoms with Crippen LogP contribution in [0.25, 0.3) is 11.5 Å². The van der Waals surface area contributed by atoms with Crippen LogP contribution in [-0.2, 0) is 6.54 Å². The lowest BCUT2D eigenvalue weighted by molar-refractivity contribution is 0.0760. The lowest BCUT2D eigenvalue weighted by Crippen LogP contribution is -2.35. The molecule has 144 valence electrons. The number of rotatable bonds is 4. The molecule has 6 nitrogen and oxygen atoms in total. The molecular formula is C21H21ClN4O2. The first-order valence-electron chi connectivity index (χ1n) is 9.34. The maximum Gasteiger partial charge on any atom is 0.253 e. The summed E-state index contributed by atoms with van der Waals surface area (Å²) in [5, 5.41) is 8.98. The Kier molecular flexibility index (Phi) is 5.69. The molecule has 1 aliphatic heterocycles. The monoisotopic (exact) mass is 396 g/mol. The Morgan fingerprint density at radius 3 is 2.54 bits per heavy atom. The third kappa shape index (κ3) is 4.40. The number of halogens is 1. The molecule has 0 bridgehead atoms. The minimum absolute atomic E-state index is 0.0882. The Morgan fingerprint density at radius 1 is 0.964 bits per heavy atom. The molecule has 1 aromatic heterocycles. The normalized spacial score (nSPS) is 15.4. The molecule has 0 unspecified atom stereocenters. The lowest BCUT2D eigenvalue weighted by Gasteiger charge is -2.21. The maximum atomic E-state index is 12.7. The van der Waals surface area contributed by atoms with Crippen molar-refractivity contribution in [3.63, 3.8) is 0 Å². The van der Waals surface area contributed by atoms with Gasteiger partial charge in [-0.3, -0.25) is 9.69 Å². The van der Waals surface area contributed by atoms with Gasteiger partial charge in [0.15, 0.2) is 0 Å². The molecule has 1 fully saturated rings.